The molecular formula is C12H7ClN2OS. The Balaban J connectivity index is 2.44. The number of nitriles is 1. The molecule has 1 aromatic carbocycles. The first-order valence-electron chi connectivity index (χ1n) is 4.74. The summed E-state index contributed by atoms with van der Waals surface area (Å²) in [6, 6.07) is 10.2. The van der Waals surface area contributed by atoms with Crippen molar-refractivity contribution in [3.8, 4) is 6.07 Å². The van der Waals surface area contributed by atoms with Gasteiger partial charge in [-0.25, -0.2) is 4.21 Å². The van der Waals surface area contributed by atoms with E-state index in [1.165, 1.54) is 12.4 Å². The zero-order valence-electron chi connectivity index (χ0n) is 8.63. The minimum atomic E-state index is -1.41. The zero-order chi connectivity index (χ0) is 12.3. The SMILES string of the molecule is N#Cc1ccncc1[S@@](=O)c1ccc(Cl)cc1. The van der Waals surface area contributed by atoms with Crippen LogP contribution < -0.4 is 0 Å². The van der Waals surface area contributed by atoms with Crippen LogP contribution in [-0.2, 0) is 10.8 Å². The fraction of sp³-hybridized carbons (Fsp3) is 0. The number of hydrogen-bond donors (Lipinski definition) is 0. The maximum atomic E-state index is 12.2. The Labute approximate surface area is 106 Å². The smallest absolute Gasteiger partial charge is 0.101 e. The van der Waals surface area contributed by atoms with Crippen molar-refractivity contribution >= 4 is 22.4 Å². The fourth-order valence-corrected chi connectivity index (χ4v) is 2.54. The minimum absolute atomic E-state index is 0.369. The Hall–Kier alpha value is -1.70. The third-order valence-corrected chi connectivity index (χ3v) is 3.81. The first-order chi connectivity index (χ1) is 8.22. The first kappa shape index (κ1) is 11.8. The van der Waals surface area contributed by atoms with Gasteiger partial charge in [0.1, 0.15) is 6.07 Å². The van der Waals surface area contributed by atoms with E-state index in [2.05, 4.69) is 4.98 Å². The molecule has 84 valence electrons. The van der Waals surface area contributed by atoms with Gasteiger partial charge >= 0.3 is 0 Å². The average Bonchev–Trinajstić information content (AvgIpc) is 2.39. The van der Waals surface area contributed by atoms with Crippen LogP contribution >= 0.6 is 11.6 Å². The van der Waals surface area contributed by atoms with Gasteiger partial charge in [-0.05, 0) is 30.3 Å². The maximum absolute atomic E-state index is 12.2. The average molecular weight is 263 g/mol. The van der Waals surface area contributed by atoms with E-state index in [0.29, 0.717) is 20.4 Å². The van der Waals surface area contributed by atoms with Crippen LogP contribution in [-0.4, -0.2) is 9.19 Å². The van der Waals surface area contributed by atoms with Gasteiger partial charge in [-0.1, -0.05) is 11.6 Å². The topological polar surface area (TPSA) is 53.8 Å². The Kier molecular flexibility index (Phi) is 3.52. The van der Waals surface area contributed by atoms with Gasteiger partial charge in [-0.15, -0.1) is 0 Å². The molecule has 0 bridgehead atoms. The Morgan fingerprint density at radius 2 is 1.94 bits per heavy atom. The van der Waals surface area contributed by atoms with Crippen LogP contribution in [0.2, 0.25) is 5.02 Å². The summed E-state index contributed by atoms with van der Waals surface area (Å²) in [5.74, 6) is 0. The molecule has 17 heavy (non-hydrogen) atoms. The van der Waals surface area contributed by atoms with Crippen LogP contribution in [0.5, 0.6) is 0 Å². The maximum Gasteiger partial charge on any atom is 0.101 e. The largest absolute Gasteiger partial charge is 0.263 e. The lowest BCUT2D eigenvalue weighted by molar-refractivity contribution is 0.682. The number of hydrogen-bond acceptors (Lipinski definition) is 3. The van der Waals surface area contributed by atoms with Crippen molar-refractivity contribution in [3.05, 3.63) is 53.3 Å². The summed E-state index contributed by atoms with van der Waals surface area (Å²) in [4.78, 5) is 4.90. The highest BCUT2D eigenvalue weighted by Crippen LogP contribution is 2.20. The molecule has 2 aromatic rings. The van der Waals surface area contributed by atoms with Crippen molar-refractivity contribution in [2.75, 3.05) is 0 Å². The summed E-state index contributed by atoms with van der Waals surface area (Å²) in [5.41, 5.74) is 0.369. The van der Waals surface area contributed by atoms with Crippen molar-refractivity contribution in [2.45, 2.75) is 9.79 Å². The highest BCUT2D eigenvalue weighted by Gasteiger charge is 2.11. The van der Waals surface area contributed by atoms with E-state index in [9.17, 15) is 4.21 Å². The summed E-state index contributed by atoms with van der Waals surface area (Å²) in [5, 5.41) is 9.51. The standard InChI is InChI=1S/C12H7ClN2OS/c13-10-1-3-11(4-2-10)17(16)12-8-15-6-5-9(12)7-14/h1-6,8H/t17-/m0/s1. The molecule has 1 atom stereocenters. The van der Waals surface area contributed by atoms with E-state index in [0.717, 1.165) is 0 Å². The molecule has 0 unspecified atom stereocenters. The molecule has 1 aromatic heterocycles. The second-order valence-corrected chi connectivity index (χ2v) is 5.09. The number of benzene rings is 1. The molecule has 0 spiro atoms. The summed E-state index contributed by atoms with van der Waals surface area (Å²) >= 11 is 5.76. The number of halogens is 1. The Morgan fingerprint density at radius 1 is 1.24 bits per heavy atom. The fourth-order valence-electron chi connectivity index (χ4n) is 1.31. The molecule has 0 saturated carbocycles. The summed E-state index contributed by atoms with van der Waals surface area (Å²) in [6.45, 7) is 0. The third kappa shape index (κ3) is 2.52. The predicted octanol–water partition coefficient (Wildman–Crippen LogP) is 2.77. The molecule has 5 heteroatoms. The predicted molar refractivity (Wildman–Crippen MR) is 65.1 cm³/mol. The molecule has 0 N–H and O–H groups in total. The van der Waals surface area contributed by atoms with Crippen molar-refractivity contribution in [1.82, 2.24) is 4.98 Å². The van der Waals surface area contributed by atoms with E-state index in [-0.39, 0.29) is 0 Å². The van der Waals surface area contributed by atoms with E-state index >= 15 is 0 Å². The Bertz CT molecular complexity index is 605. The molecule has 2 rings (SSSR count). The molecular weight excluding hydrogens is 256 g/mol. The Morgan fingerprint density at radius 3 is 2.59 bits per heavy atom. The van der Waals surface area contributed by atoms with Crippen molar-refractivity contribution in [1.29, 1.82) is 5.26 Å². The first-order valence-corrected chi connectivity index (χ1v) is 6.26. The number of rotatable bonds is 2. The van der Waals surface area contributed by atoms with Crippen LogP contribution in [0, 0.1) is 11.3 Å². The van der Waals surface area contributed by atoms with E-state index in [1.54, 1.807) is 30.3 Å². The van der Waals surface area contributed by atoms with Gasteiger partial charge in [0, 0.05) is 22.3 Å². The molecule has 0 radical (unpaired) electrons. The van der Waals surface area contributed by atoms with Crippen LogP contribution in [0.4, 0.5) is 0 Å². The summed E-state index contributed by atoms with van der Waals surface area (Å²) < 4.78 is 12.2. The minimum Gasteiger partial charge on any atom is -0.263 e. The van der Waals surface area contributed by atoms with Crippen LogP contribution in [0.3, 0.4) is 0 Å². The van der Waals surface area contributed by atoms with E-state index in [1.807, 2.05) is 6.07 Å². The molecule has 1 heterocycles. The monoisotopic (exact) mass is 262 g/mol. The molecule has 0 aliphatic rings. The molecule has 0 aliphatic carbocycles. The van der Waals surface area contributed by atoms with Crippen LogP contribution in [0.25, 0.3) is 0 Å². The second kappa shape index (κ2) is 5.09. The molecule has 0 amide bonds. The van der Waals surface area contributed by atoms with Crippen molar-refractivity contribution in [3.63, 3.8) is 0 Å². The highest BCUT2D eigenvalue weighted by molar-refractivity contribution is 7.85. The van der Waals surface area contributed by atoms with Gasteiger partial charge in [-0.2, -0.15) is 5.26 Å². The molecule has 0 fully saturated rings. The normalized spacial score (nSPS) is 11.8. The van der Waals surface area contributed by atoms with Gasteiger partial charge in [0.25, 0.3) is 0 Å². The second-order valence-electron chi connectivity index (χ2n) is 3.21. The number of aromatic nitrogens is 1. The van der Waals surface area contributed by atoms with Crippen LogP contribution in [0.15, 0.2) is 52.5 Å². The van der Waals surface area contributed by atoms with Gasteiger partial charge in [0.15, 0.2) is 0 Å². The van der Waals surface area contributed by atoms with Gasteiger partial charge in [0.05, 0.1) is 21.3 Å². The summed E-state index contributed by atoms with van der Waals surface area (Å²) in [6.07, 6.45) is 2.95. The van der Waals surface area contributed by atoms with Gasteiger partial charge in [-0.3, -0.25) is 4.98 Å². The highest BCUT2D eigenvalue weighted by atomic mass is 35.5. The molecule has 0 aliphatic heterocycles. The number of pyridine rings is 1. The van der Waals surface area contributed by atoms with Crippen LogP contribution in [0.1, 0.15) is 5.56 Å². The number of nitrogens with zero attached hydrogens (tertiary/aromatic N) is 2. The lowest BCUT2D eigenvalue weighted by atomic mass is 10.3. The van der Waals surface area contributed by atoms with Crippen molar-refractivity contribution < 1.29 is 4.21 Å². The van der Waals surface area contributed by atoms with E-state index in [4.69, 9.17) is 16.9 Å². The third-order valence-electron chi connectivity index (χ3n) is 2.13. The van der Waals surface area contributed by atoms with E-state index < -0.39 is 10.8 Å². The molecule has 3 nitrogen and oxygen atoms in total. The van der Waals surface area contributed by atoms with Crippen molar-refractivity contribution in [2.24, 2.45) is 0 Å². The molecule has 0 saturated heterocycles. The van der Waals surface area contributed by atoms with Gasteiger partial charge < -0.3 is 0 Å². The lowest BCUT2D eigenvalue weighted by Crippen LogP contribution is -1.96. The van der Waals surface area contributed by atoms with Gasteiger partial charge in [0.2, 0.25) is 0 Å². The lowest BCUT2D eigenvalue weighted by Gasteiger charge is -2.03. The summed E-state index contributed by atoms with van der Waals surface area (Å²) in [7, 11) is -1.41. The zero-order valence-corrected chi connectivity index (χ0v) is 10.2. The quantitative estimate of drug-likeness (QED) is 0.836.